The Kier molecular flexibility index (Phi) is 3.90. The lowest BCUT2D eigenvalue weighted by Crippen LogP contribution is -2.47. The topological polar surface area (TPSA) is 56.3 Å². The Morgan fingerprint density at radius 3 is 2.55 bits per heavy atom. The number of nitrogens with two attached hydrogens (primary N) is 1. The van der Waals surface area contributed by atoms with Crippen molar-refractivity contribution in [2.24, 2.45) is 11.7 Å². The summed E-state index contributed by atoms with van der Waals surface area (Å²) < 4.78 is 0. The molecule has 0 bridgehead atoms. The van der Waals surface area contributed by atoms with Crippen molar-refractivity contribution in [1.29, 1.82) is 5.26 Å². The van der Waals surface area contributed by atoms with Gasteiger partial charge in [-0.25, -0.2) is 0 Å². The second-order valence-corrected chi connectivity index (χ2v) is 5.90. The third-order valence-electron chi connectivity index (χ3n) is 4.34. The molecule has 0 atom stereocenters. The van der Waals surface area contributed by atoms with Crippen molar-refractivity contribution in [3.8, 4) is 6.07 Å². The fourth-order valence-corrected chi connectivity index (χ4v) is 2.91. The van der Waals surface area contributed by atoms with Crippen LogP contribution >= 0.6 is 0 Å². The first kappa shape index (κ1) is 13.4. The van der Waals surface area contributed by atoms with Gasteiger partial charge in [-0.1, -0.05) is 6.07 Å². The molecule has 0 spiro atoms. The van der Waals surface area contributed by atoms with E-state index in [4.69, 9.17) is 5.73 Å². The lowest BCUT2D eigenvalue weighted by atomic mass is 10.1. The summed E-state index contributed by atoms with van der Waals surface area (Å²) in [6, 6.07) is 8.32. The van der Waals surface area contributed by atoms with Gasteiger partial charge in [-0.15, -0.1) is 0 Å². The molecule has 2 N–H and O–H groups in total. The van der Waals surface area contributed by atoms with Crippen molar-refractivity contribution in [1.82, 2.24) is 4.90 Å². The van der Waals surface area contributed by atoms with Crippen LogP contribution in [0.2, 0.25) is 0 Å². The highest BCUT2D eigenvalue weighted by Gasteiger charge is 2.26. The minimum atomic E-state index is 0.490. The van der Waals surface area contributed by atoms with Gasteiger partial charge in [0, 0.05) is 39.3 Å². The van der Waals surface area contributed by atoms with Crippen molar-refractivity contribution in [2.75, 3.05) is 37.6 Å². The maximum absolute atomic E-state index is 9.32. The zero-order chi connectivity index (χ0) is 13.9. The van der Waals surface area contributed by atoms with E-state index < -0.39 is 0 Å². The van der Waals surface area contributed by atoms with Crippen molar-refractivity contribution in [3.63, 3.8) is 0 Å². The molecule has 1 saturated heterocycles. The SMILES string of the molecule is N#Cc1cc(CN)ccc1N1CCN(CC2CC2)CC1. The average Bonchev–Trinajstić information content (AvgIpc) is 3.31. The van der Waals surface area contributed by atoms with Gasteiger partial charge in [0.1, 0.15) is 6.07 Å². The van der Waals surface area contributed by atoms with Gasteiger partial charge in [0.2, 0.25) is 0 Å². The molecule has 0 aromatic heterocycles. The number of anilines is 1. The smallest absolute Gasteiger partial charge is 0.101 e. The molecule has 4 heteroatoms. The summed E-state index contributed by atoms with van der Waals surface area (Å²) in [6.07, 6.45) is 2.83. The number of hydrogen-bond donors (Lipinski definition) is 1. The van der Waals surface area contributed by atoms with Crippen molar-refractivity contribution < 1.29 is 0 Å². The predicted octanol–water partition coefficient (Wildman–Crippen LogP) is 1.55. The van der Waals surface area contributed by atoms with Crippen molar-refractivity contribution in [3.05, 3.63) is 29.3 Å². The maximum Gasteiger partial charge on any atom is 0.101 e. The molecule has 2 aliphatic rings. The molecular formula is C16H22N4. The van der Waals surface area contributed by atoms with E-state index in [9.17, 15) is 5.26 Å². The maximum atomic E-state index is 9.32. The first-order valence-electron chi connectivity index (χ1n) is 7.50. The van der Waals surface area contributed by atoms with Crippen LogP contribution < -0.4 is 10.6 Å². The summed E-state index contributed by atoms with van der Waals surface area (Å²) in [5, 5.41) is 9.32. The van der Waals surface area contributed by atoms with E-state index in [1.165, 1.54) is 19.4 Å². The highest BCUT2D eigenvalue weighted by atomic mass is 15.3. The Morgan fingerprint density at radius 1 is 1.20 bits per heavy atom. The zero-order valence-corrected chi connectivity index (χ0v) is 11.9. The van der Waals surface area contributed by atoms with Crippen LogP contribution in [0.4, 0.5) is 5.69 Å². The molecule has 1 aliphatic carbocycles. The molecule has 1 aliphatic heterocycles. The van der Waals surface area contributed by atoms with E-state index in [-0.39, 0.29) is 0 Å². The third kappa shape index (κ3) is 2.95. The molecular weight excluding hydrogens is 248 g/mol. The molecule has 0 unspecified atom stereocenters. The Balaban J connectivity index is 1.66. The molecule has 20 heavy (non-hydrogen) atoms. The Morgan fingerprint density at radius 2 is 1.95 bits per heavy atom. The van der Waals surface area contributed by atoms with Gasteiger partial charge in [-0.2, -0.15) is 5.26 Å². The van der Waals surface area contributed by atoms with Crippen LogP contribution in [-0.4, -0.2) is 37.6 Å². The third-order valence-corrected chi connectivity index (χ3v) is 4.34. The van der Waals surface area contributed by atoms with Crippen LogP contribution in [0.25, 0.3) is 0 Å². The Labute approximate surface area is 120 Å². The van der Waals surface area contributed by atoms with E-state index in [2.05, 4.69) is 21.9 Å². The molecule has 3 rings (SSSR count). The number of benzene rings is 1. The van der Waals surface area contributed by atoms with Crippen LogP contribution in [0.3, 0.4) is 0 Å². The van der Waals surface area contributed by atoms with Gasteiger partial charge in [0.25, 0.3) is 0 Å². The van der Waals surface area contributed by atoms with Gasteiger partial charge in [-0.05, 0) is 36.5 Å². The number of piperazine rings is 1. The number of hydrogen-bond acceptors (Lipinski definition) is 4. The molecule has 1 aromatic rings. The van der Waals surface area contributed by atoms with Crippen LogP contribution in [0.15, 0.2) is 18.2 Å². The van der Waals surface area contributed by atoms with Crippen LogP contribution in [-0.2, 0) is 6.54 Å². The van der Waals surface area contributed by atoms with E-state index in [0.717, 1.165) is 48.9 Å². The largest absolute Gasteiger partial charge is 0.368 e. The van der Waals surface area contributed by atoms with Crippen molar-refractivity contribution in [2.45, 2.75) is 19.4 Å². The molecule has 1 saturated carbocycles. The second kappa shape index (κ2) is 5.82. The van der Waals surface area contributed by atoms with Gasteiger partial charge in [0.15, 0.2) is 0 Å². The lowest BCUT2D eigenvalue weighted by molar-refractivity contribution is 0.248. The quantitative estimate of drug-likeness (QED) is 0.902. The number of nitrogens with zero attached hydrogens (tertiary/aromatic N) is 3. The fraction of sp³-hybridized carbons (Fsp3) is 0.562. The first-order valence-corrected chi connectivity index (χ1v) is 7.50. The van der Waals surface area contributed by atoms with Gasteiger partial charge in [-0.3, -0.25) is 4.90 Å². The monoisotopic (exact) mass is 270 g/mol. The molecule has 2 fully saturated rings. The number of nitriles is 1. The van der Waals surface area contributed by atoms with Crippen molar-refractivity contribution >= 4 is 5.69 Å². The molecule has 0 radical (unpaired) electrons. The van der Waals surface area contributed by atoms with E-state index in [1.54, 1.807) is 0 Å². The molecule has 4 nitrogen and oxygen atoms in total. The predicted molar refractivity (Wildman–Crippen MR) is 80.4 cm³/mol. The zero-order valence-electron chi connectivity index (χ0n) is 11.9. The summed E-state index contributed by atoms with van der Waals surface area (Å²) in [4.78, 5) is 4.90. The first-order chi connectivity index (χ1) is 9.80. The lowest BCUT2D eigenvalue weighted by Gasteiger charge is -2.36. The van der Waals surface area contributed by atoms with Crippen LogP contribution in [0.5, 0.6) is 0 Å². The average molecular weight is 270 g/mol. The minimum absolute atomic E-state index is 0.490. The van der Waals surface area contributed by atoms with E-state index in [1.807, 2.05) is 12.1 Å². The molecule has 0 amide bonds. The molecule has 106 valence electrons. The highest BCUT2D eigenvalue weighted by molar-refractivity contribution is 5.60. The second-order valence-electron chi connectivity index (χ2n) is 5.90. The van der Waals surface area contributed by atoms with Gasteiger partial charge in [0.05, 0.1) is 11.3 Å². The Bertz CT molecular complexity index is 508. The summed E-state index contributed by atoms with van der Waals surface area (Å²) >= 11 is 0. The summed E-state index contributed by atoms with van der Waals surface area (Å²) in [6.45, 7) is 6.02. The molecule has 1 heterocycles. The summed E-state index contributed by atoms with van der Waals surface area (Å²) in [5.74, 6) is 0.958. The van der Waals surface area contributed by atoms with E-state index >= 15 is 0 Å². The summed E-state index contributed by atoms with van der Waals surface area (Å²) in [5.41, 5.74) is 8.49. The standard InChI is InChI=1S/C16H22N4/c17-10-14-3-4-16(15(9-14)11-18)20-7-5-19(6-8-20)12-13-1-2-13/h3-4,9,13H,1-2,5-8,10,12,17H2. The minimum Gasteiger partial charge on any atom is -0.368 e. The van der Waals surface area contributed by atoms with Gasteiger partial charge < -0.3 is 10.6 Å². The van der Waals surface area contributed by atoms with E-state index in [0.29, 0.717) is 6.54 Å². The molecule has 1 aromatic carbocycles. The van der Waals surface area contributed by atoms with Crippen LogP contribution in [0, 0.1) is 17.2 Å². The Hall–Kier alpha value is -1.57. The highest BCUT2D eigenvalue weighted by Crippen LogP contribution is 2.30. The van der Waals surface area contributed by atoms with Crippen LogP contribution in [0.1, 0.15) is 24.0 Å². The fourth-order valence-electron chi connectivity index (χ4n) is 2.91. The summed E-state index contributed by atoms with van der Waals surface area (Å²) in [7, 11) is 0. The van der Waals surface area contributed by atoms with Gasteiger partial charge >= 0.3 is 0 Å². The number of rotatable bonds is 4. The normalized spacial score (nSPS) is 19.9.